The normalized spacial score (nSPS) is 26.3. The lowest BCUT2D eigenvalue weighted by Crippen LogP contribution is -2.46. The first-order valence-corrected chi connectivity index (χ1v) is 13.4. The Hall–Kier alpha value is -3.18. The van der Waals surface area contributed by atoms with Crippen LogP contribution < -0.4 is 0 Å². The molecule has 3 rings (SSSR count). The molecule has 5 nitrogen and oxygen atoms in total. The molecule has 0 aliphatic heterocycles. The quantitative estimate of drug-likeness (QED) is 0.145. The minimum absolute atomic E-state index is 0.0316. The van der Waals surface area contributed by atoms with Gasteiger partial charge in [-0.2, -0.15) is 0 Å². The van der Waals surface area contributed by atoms with Crippen LogP contribution in [0.5, 0.6) is 0 Å². The molecule has 3 N–H and O–H groups in total. The van der Waals surface area contributed by atoms with Crippen LogP contribution in [0.2, 0.25) is 0 Å². The summed E-state index contributed by atoms with van der Waals surface area (Å²) in [6, 6.07) is 8.58. The van der Waals surface area contributed by atoms with Crippen LogP contribution >= 0.6 is 0 Å². The Morgan fingerprint density at radius 1 is 1.00 bits per heavy atom. The zero-order valence-corrected chi connectivity index (χ0v) is 23.6. The first-order chi connectivity index (χ1) is 17.7. The standard InChI is InChI=1S/C33H42O5/c1-20(2)13-17-33(18-14-21(3)4)30(36)25(19-26-24(22(5)6)15-16-32(26,7)38)29(35)27(31(33)37)28(34)23-11-9-8-10-12-23/h8-14,24,26,34-35,38H,5,15-19H2,1-4,6-7H3. The molecule has 1 saturated carbocycles. The maximum atomic E-state index is 14.4. The van der Waals surface area contributed by atoms with Crippen molar-refractivity contribution in [1.82, 2.24) is 0 Å². The molecule has 0 radical (unpaired) electrons. The summed E-state index contributed by atoms with van der Waals surface area (Å²) in [7, 11) is 0. The molecule has 0 heterocycles. The van der Waals surface area contributed by atoms with Gasteiger partial charge in [0.1, 0.15) is 22.5 Å². The van der Waals surface area contributed by atoms with Crippen molar-refractivity contribution in [2.45, 2.75) is 79.2 Å². The molecule has 3 unspecified atom stereocenters. The Labute approximate surface area is 227 Å². The number of ketones is 2. The van der Waals surface area contributed by atoms with E-state index in [-0.39, 0.29) is 48.0 Å². The van der Waals surface area contributed by atoms with Gasteiger partial charge in [0.05, 0.1) is 5.60 Å². The van der Waals surface area contributed by atoms with Crippen LogP contribution in [-0.4, -0.2) is 32.5 Å². The summed E-state index contributed by atoms with van der Waals surface area (Å²) in [4.78, 5) is 28.6. The van der Waals surface area contributed by atoms with Gasteiger partial charge in [-0.1, -0.05) is 65.8 Å². The van der Waals surface area contributed by atoms with Gasteiger partial charge in [-0.15, -0.1) is 0 Å². The average Bonchev–Trinajstić information content (AvgIpc) is 3.15. The average molecular weight is 519 g/mol. The van der Waals surface area contributed by atoms with Crippen molar-refractivity contribution in [3.8, 4) is 0 Å². The summed E-state index contributed by atoms with van der Waals surface area (Å²) in [6.07, 6.45) is 5.39. The second-order valence-corrected chi connectivity index (χ2v) is 11.8. The molecular weight excluding hydrogens is 476 g/mol. The molecule has 3 atom stereocenters. The van der Waals surface area contributed by atoms with Gasteiger partial charge >= 0.3 is 0 Å². The highest BCUT2D eigenvalue weighted by Gasteiger charge is 2.54. The summed E-state index contributed by atoms with van der Waals surface area (Å²) < 4.78 is 0. The summed E-state index contributed by atoms with van der Waals surface area (Å²) in [6.45, 7) is 15.4. The van der Waals surface area contributed by atoms with E-state index in [2.05, 4.69) is 6.58 Å². The third-order valence-corrected chi connectivity index (χ3v) is 8.20. The SMILES string of the molecule is C=C(C)C1CCC(C)(O)C1CC1=C(O)C(=C(O)c2ccccc2)C(=O)C(CC=C(C)C)(CC=C(C)C)C1=O. The minimum atomic E-state index is -1.52. The number of aliphatic hydroxyl groups excluding tert-OH is 2. The number of carbonyl (C=O) groups excluding carboxylic acids is 2. The topological polar surface area (TPSA) is 94.8 Å². The molecule has 0 bridgehead atoms. The smallest absolute Gasteiger partial charge is 0.184 e. The third kappa shape index (κ3) is 5.63. The molecule has 0 aromatic heterocycles. The lowest BCUT2D eigenvalue weighted by atomic mass is 9.63. The number of Topliss-reactive ketones (excluding diaryl/α,β-unsaturated/α-hetero) is 2. The van der Waals surface area contributed by atoms with E-state index in [0.29, 0.717) is 12.0 Å². The van der Waals surface area contributed by atoms with E-state index < -0.39 is 28.3 Å². The first kappa shape index (κ1) is 29.4. The number of aliphatic hydroxyl groups is 3. The van der Waals surface area contributed by atoms with Crippen molar-refractivity contribution in [2.24, 2.45) is 17.3 Å². The Morgan fingerprint density at radius 3 is 2.05 bits per heavy atom. The molecular formula is C33H42O5. The molecule has 1 aromatic rings. The van der Waals surface area contributed by atoms with Crippen molar-refractivity contribution in [2.75, 3.05) is 0 Å². The number of allylic oxidation sites excluding steroid dienone is 7. The molecule has 38 heavy (non-hydrogen) atoms. The Kier molecular flexibility index (Phi) is 8.72. The van der Waals surface area contributed by atoms with Gasteiger partial charge in [0.2, 0.25) is 0 Å². The van der Waals surface area contributed by atoms with Crippen LogP contribution in [-0.2, 0) is 9.59 Å². The van der Waals surface area contributed by atoms with Gasteiger partial charge < -0.3 is 15.3 Å². The number of carbonyl (C=O) groups is 2. The second kappa shape index (κ2) is 11.3. The van der Waals surface area contributed by atoms with Crippen LogP contribution in [0.15, 0.2) is 82.7 Å². The molecule has 1 aromatic carbocycles. The highest BCUT2D eigenvalue weighted by molar-refractivity contribution is 6.26. The third-order valence-electron chi connectivity index (χ3n) is 8.20. The van der Waals surface area contributed by atoms with E-state index in [4.69, 9.17) is 0 Å². The molecule has 5 heteroatoms. The van der Waals surface area contributed by atoms with Crippen molar-refractivity contribution in [1.29, 1.82) is 0 Å². The van der Waals surface area contributed by atoms with Gasteiger partial charge in [-0.25, -0.2) is 0 Å². The van der Waals surface area contributed by atoms with Gasteiger partial charge in [0, 0.05) is 11.1 Å². The van der Waals surface area contributed by atoms with Crippen LogP contribution in [0.4, 0.5) is 0 Å². The maximum Gasteiger partial charge on any atom is 0.184 e. The number of rotatable bonds is 8. The zero-order valence-electron chi connectivity index (χ0n) is 23.6. The Bertz CT molecular complexity index is 1210. The molecule has 0 amide bonds. The molecule has 1 fully saturated rings. The van der Waals surface area contributed by atoms with Gasteiger partial charge in [-0.3, -0.25) is 9.59 Å². The van der Waals surface area contributed by atoms with Crippen molar-refractivity contribution < 1.29 is 24.9 Å². The monoisotopic (exact) mass is 518 g/mol. The van der Waals surface area contributed by atoms with E-state index in [0.717, 1.165) is 23.1 Å². The highest BCUT2D eigenvalue weighted by atomic mass is 16.3. The fourth-order valence-corrected chi connectivity index (χ4v) is 5.80. The lowest BCUT2D eigenvalue weighted by Gasteiger charge is -2.38. The summed E-state index contributed by atoms with van der Waals surface area (Å²) in [5, 5.41) is 34.1. The molecule has 0 spiro atoms. The Morgan fingerprint density at radius 2 is 1.55 bits per heavy atom. The molecule has 0 saturated heterocycles. The predicted octanol–water partition coefficient (Wildman–Crippen LogP) is 7.36. The van der Waals surface area contributed by atoms with E-state index >= 15 is 0 Å². The van der Waals surface area contributed by atoms with Crippen LogP contribution in [0.1, 0.15) is 79.2 Å². The number of hydrogen-bond acceptors (Lipinski definition) is 5. The highest BCUT2D eigenvalue weighted by Crippen LogP contribution is 2.51. The van der Waals surface area contributed by atoms with Crippen LogP contribution in [0, 0.1) is 17.3 Å². The van der Waals surface area contributed by atoms with Crippen LogP contribution in [0.3, 0.4) is 0 Å². The van der Waals surface area contributed by atoms with Crippen molar-refractivity contribution in [3.05, 3.63) is 88.3 Å². The predicted molar refractivity (Wildman–Crippen MR) is 152 cm³/mol. The van der Waals surface area contributed by atoms with E-state index in [1.54, 1.807) is 37.3 Å². The zero-order chi connectivity index (χ0) is 28.4. The number of hydrogen-bond donors (Lipinski definition) is 3. The van der Waals surface area contributed by atoms with Crippen LogP contribution in [0.25, 0.3) is 5.76 Å². The summed E-state index contributed by atoms with van der Waals surface area (Å²) in [5.41, 5.74) is 0.480. The van der Waals surface area contributed by atoms with Gasteiger partial charge in [-0.05, 0) is 85.5 Å². The van der Waals surface area contributed by atoms with E-state index in [1.165, 1.54) is 0 Å². The van der Waals surface area contributed by atoms with E-state index in [9.17, 15) is 24.9 Å². The van der Waals surface area contributed by atoms with Gasteiger partial charge in [0.25, 0.3) is 0 Å². The first-order valence-electron chi connectivity index (χ1n) is 13.4. The molecule has 2 aliphatic carbocycles. The fourth-order valence-electron chi connectivity index (χ4n) is 5.80. The fraction of sp³-hybridized carbons (Fsp3) is 0.455. The molecule has 204 valence electrons. The maximum absolute atomic E-state index is 14.4. The summed E-state index contributed by atoms with van der Waals surface area (Å²) in [5.74, 6) is -2.27. The molecule has 2 aliphatic rings. The summed E-state index contributed by atoms with van der Waals surface area (Å²) >= 11 is 0. The second-order valence-electron chi connectivity index (χ2n) is 11.8. The number of benzene rings is 1. The van der Waals surface area contributed by atoms with E-state index in [1.807, 2.05) is 46.8 Å². The largest absolute Gasteiger partial charge is 0.507 e. The Balaban J connectivity index is 2.32. The van der Waals surface area contributed by atoms with Crippen molar-refractivity contribution in [3.63, 3.8) is 0 Å². The van der Waals surface area contributed by atoms with Crippen molar-refractivity contribution >= 4 is 17.3 Å². The lowest BCUT2D eigenvalue weighted by molar-refractivity contribution is -0.137. The van der Waals surface area contributed by atoms with Gasteiger partial charge in [0.15, 0.2) is 11.6 Å². The minimum Gasteiger partial charge on any atom is -0.507 e.